The van der Waals surface area contributed by atoms with Crippen molar-refractivity contribution in [2.75, 3.05) is 0 Å². The standard InChI is InChI=1S/C16H10O4/c17-13-9-15(16(18)19)20-14-8-11(6-7-12(13)14)10-4-2-1-3-5-10/h1-9H,(H,18,19). The van der Waals surface area contributed by atoms with Gasteiger partial charge in [0.1, 0.15) is 5.58 Å². The van der Waals surface area contributed by atoms with E-state index >= 15 is 0 Å². The molecule has 0 aliphatic rings. The van der Waals surface area contributed by atoms with Crippen molar-refractivity contribution in [3.63, 3.8) is 0 Å². The molecule has 0 saturated heterocycles. The molecular weight excluding hydrogens is 256 g/mol. The van der Waals surface area contributed by atoms with Crippen LogP contribution in [0, 0.1) is 0 Å². The zero-order chi connectivity index (χ0) is 14.1. The first kappa shape index (κ1) is 12.2. The normalized spacial score (nSPS) is 10.6. The Morgan fingerprint density at radius 2 is 1.70 bits per heavy atom. The van der Waals surface area contributed by atoms with E-state index in [2.05, 4.69) is 0 Å². The van der Waals surface area contributed by atoms with Gasteiger partial charge in [-0.1, -0.05) is 36.4 Å². The Bertz CT molecular complexity index is 847. The Hall–Kier alpha value is -2.88. The van der Waals surface area contributed by atoms with Gasteiger partial charge < -0.3 is 9.52 Å². The minimum Gasteiger partial charge on any atom is -0.475 e. The largest absolute Gasteiger partial charge is 0.475 e. The van der Waals surface area contributed by atoms with Gasteiger partial charge in [-0.05, 0) is 23.3 Å². The second kappa shape index (κ2) is 4.66. The third-order valence-electron chi connectivity index (χ3n) is 3.05. The lowest BCUT2D eigenvalue weighted by atomic mass is 10.0. The molecule has 3 aromatic rings. The molecule has 0 unspecified atom stereocenters. The van der Waals surface area contributed by atoms with E-state index in [1.807, 2.05) is 36.4 Å². The van der Waals surface area contributed by atoms with Gasteiger partial charge in [0.15, 0.2) is 5.43 Å². The zero-order valence-corrected chi connectivity index (χ0v) is 10.4. The van der Waals surface area contributed by atoms with E-state index in [-0.39, 0.29) is 16.8 Å². The molecule has 2 aromatic carbocycles. The van der Waals surface area contributed by atoms with Crippen molar-refractivity contribution in [1.29, 1.82) is 0 Å². The molecule has 0 saturated carbocycles. The Morgan fingerprint density at radius 3 is 2.40 bits per heavy atom. The van der Waals surface area contributed by atoms with Gasteiger partial charge in [-0.15, -0.1) is 0 Å². The molecular formula is C16H10O4. The molecule has 0 aliphatic heterocycles. The van der Waals surface area contributed by atoms with E-state index in [0.717, 1.165) is 17.2 Å². The third-order valence-corrected chi connectivity index (χ3v) is 3.05. The van der Waals surface area contributed by atoms with Crippen LogP contribution in [-0.4, -0.2) is 11.1 Å². The average molecular weight is 266 g/mol. The van der Waals surface area contributed by atoms with Crippen LogP contribution in [0.1, 0.15) is 10.6 Å². The molecule has 98 valence electrons. The van der Waals surface area contributed by atoms with Crippen molar-refractivity contribution in [2.45, 2.75) is 0 Å². The highest BCUT2D eigenvalue weighted by molar-refractivity contribution is 5.88. The number of rotatable bonds is 2. The fraction of sp³-hybridized carbons (Fsp3) is 0. The van der Waals surface area contributed by atoms with Crippen molar-refractivity contribution in [2.24, 2.45) is 0 Å². The summed E-state index contributed by atoms with van der Waals surface area (Å²) in [6, 6.07) is 15.7. The first-order valence-electron chi connectivity index (χ1n) is 6.02. The lowest BCUT2D eigenvalue weighted by Crippen LogP contribution is -2.06. The number of carboxylic acid groups (broad SMARTS) is 1. The molecule has 20 heavy (non-hydrogen) atoms. The lowest BCUT2D eigenvalue weighted by molar-refractivity contribution is 0.0663. The van der Waals surface area contributed by atoms with Crippen LogP contribution in [0.3, 0.4) is 0 Å². The van der Waals surface area contributed by atoms with Crippen LogP contribution in [0.5, 0.6) is 0 Å². The van der Waals surface area contributed by atoms with Crippen molar-refractivity contribution in [1.82, 2.24) is 0 Å². The highest BCUT2D eigenvalue weighted by Crippen LogP contribution is 2.23. The zero-order valence-electron chi connectivity index (χ0n) is 10.4. The number of fused-ring (bicyclic) bond motifs is 1. The monoisotopic (exact) mass is 266 g/mol. The smallest absolute Gasteiger partial charge is 0.371 e. The van der Waals surface area contributed by atoms with E-state index in [1.165, 1.54) is 0 Å². The molecule has 0 atom stereocenters. The molecule has 0 bridgehead atoms. The maximum atomic E-state index is 11.8. The summed E-state index contributed by atoms with van der Waals surface area (Å²) in [4.78, 5) is 22.7. The Morgan fingerprint density at radius 1 is 0.950 bits per heavy atom. The SMILES string of the molecule is O=C(O)c1cc(=O)c2ccc(-c3ccccc3)cc2o1. The second-order valence-electron chi connectivity index (χ2n) is 4.36. The minimum absolute atomic E-state index is 0.274. The van der Waals surface area contributed by atoms with Crippen molar-refractivity contribution < 1.29 is 14.3 Å². The Kier molecular flexibility index (Phi) is 2.84. The van der Waals surface area contributed by atoms with Gasteiger partial charge in [-0.2, -0.15) is 0 Å². The van der Waals surface area contributed by atoms with Gasteiger partial charge in [0.2, 0.25) is 5.76 Å². The first-order chi connectivity index (χ1) is 9.65. The third kappa shape index (κ3) is 2.07. The second-order valence-corrected chi connectivity index (χ2v) is 4.36. The van der Waals surface area contributed by atoms with Gasteiger partial charge >= 0.3 is 5.97 Å². The van der Waals surface area contributed by atoms with Gasteiger partial charge in [-0.3, -0.25) is 4.79 Å². The molecule has 1 aromatic heterocycles. The van der Waals surface area contributed by atoms with Gasteiger partial charge in [0.25, 0.3) is 0 Å². The van der Waals surface area contributed by atoms with E-state index < -0.39 is 5.97 Å². The fourth-order valence-electron chi connectivity index (χ4n) is 2.07. The summed E-state index contributed by atoms with van der Waals surface area (Å²) >= 11 is 0. The number of carbonyl (C=O) groups is 1. The van der Waals surface area contributed by atoms with E-state index in [9.17, 15) is 9.59 Å². The molecule has 0 radical (unpaired) electrons. The Balaban J connectivity index is 2.25. The summed E-state index contributed by atoms with van der Waals surface area (Å²) in [7, 11) is 0. The van der Waals surface area contributed by atoms with Crippen molar-refractivity contribution >= 4 is 16.9 Å². The lowest BCUT2D eigenvalue weighted by Gasteiger charge is -2.04. The van der Waals surface area contributed by atoms with E-state index in [1.54, 1.807) is 12.1 Å². The average Bonchev–Trinajstić information content (AvgIpc) is 2.47. The van der Waals surface area contributed by atoms with Gasteiger partial charge in [0, 0.05) is 6.07 Å². The molecule has 0 spiro atoms. The quantitative estimate of drug-likeness (QED) is 0.773. The minimum atomic E-state index is -1.26. The summed E-state index contributed by atoms with van der Waals surface area (Å²) < 4.78 is 5.27. The first-order valence-corrected chi connectivity index (χ1v) is 6.02. The van der Waals surface area contributed by atoms with Gasteiger partial charge in [0.05, 0.1) is 5.39 Å². The van der Waals surface area contributed by atoms with Crippen LogP contribution in [0.15, 0.2) is 63.8 Å². The number of hydrogen-bond donors (Lipinski definition) is 1. The van der Waals surface area contributed by atoms with E-state index in [4.69, 9.17) is 9.52 Å². The summed E-state index contributed by atoms with van der Waals surface area (Å²) in [6.07, 6.45) is 0. The predicted octanol–water partition coefficient (Wildman–Crippen LogP) is 3.16. The van der Waals surface area contributed by atoms with Crippen LogP contribution < -0.4 is 5.43 Å². The summed E-state index contributed by atoms with van der Waals surface area (Å²) in [5.74, 6) is -1.61. The number of benzene rings is 2. The highest BCUT2D eigenvalue weighted by atomic mass is 16.4. The molecule has 0 amide bonds. The van der Waals surface area contributed by atoms with E-state index in [0.29, 0.717) is 5.39 Å². The number of aromatic carboxylic acids is 1. The maximum absolute atomic E-state index is 11.8. The fourth-order valence-corrected chi connectivity index (χ4v) is 2.07. The summed E-state index contributed by atoms with van der Waals surface area (Å²) in [6.45, 7) is 0. The van der Waals surface area contributed by atoms with Crippen LogP contribution in [0.4, 0.5) is 0 Å². The van der Waals surface area contributed by atoms with Crippen LogP contribution in [0.2, 0.25) is 0 Å². The topological polar surface area (TPSA) is 67.5 Å². The van der Waals surface area contributed by atoms with Crippen molar-refractivity contribution in [3.8, 4) is 11.1 Å². The molecule has 0 aliphatic carbocycles. The van der Waals surface area contributed by atoms with Crippen LogP contribution in [-0.2, 0) is 0 Å². The number of hydrogen-bond acceptors (Lipinski definition) is 3. The predicted molar refractivity (Wildman–Crippen MR) is 74.9 cm³/mol. The molecule has 4 nitrogen and oxygen atoms in total. The summed E-state index contributed by atoms with van der Waals surface area (Å²) in [5, 5.41) is 9.29. The molecule has 4 heteroatoms. The Labute approximate surface area is 113 Å². The van der Waals surface area contributed by atoms with Crippen molar-refractivity contribution in [3.05, 3.63) is 70.6 Å². The summed E-state index contributed by atoms with van der Waals surface area (Å²) in [5.41, 5.74) is 1.75. The molecule has 1 N–H and O–H groups in total. The molecule has 3 rings (SSSR count). The van der Waals surface area contributed by atoms with Crippen LogP contribution in [0.25, 0.3) is 22.1 Å². The highest BCUT2D eigenvalue weighted by Gasteiger charge is 2.11. The molecule has 0 fully saturated rings. The molecule has 1 heterocycles. The number of carboxylic acids is 1. The van der Waals surface area contributed by atoms with Gasteiger partial charge in [-0.25, -0.2) is 4.79 Å². The van der Waals surface area contributed by atoms with Crippen LogP contribution >= 0.6 is 0 Å². The maximum Gasteiger partial charge on any atom is 0.371 e.